The molecule has 22 heavy (non-hydrogen) atoms. The summed E-state index contributed by atoms with van der Waals surface area (Å²) in [7, 11) is 0. The second kappa shape index (κ2) is 6.97. The van der Waals surface area contributed by atoms with E-state index in [1.807, 2.05) is 6.07 Å². The maximum absolute atomic E-state index is 9.39. The first-order valence-electron chi connectivity index (χ1n) is 8.46. The van der Waals surface area contributed by atoms with Gasteiger partial charge in [-0.25, -0.2) is 0 Å². The number of aromatic nitrogens is 1. The molecule has 2 heteroatoms. The van der Waals surface area contributed by atoms with E-state index in [9.17, 15) is 5.11 Å². The molecule has 0 unspecified atom stereocenters. The van der Waals surface area contributed by atoms with Crippen molar-refractivity contribution in [1.29, 1.82) is 0 Å². The zero-order valence-corrected chi connectivity index (χ0v) is 13.4. The fourth-order valence-corrected chi connectivity index (χ4v) is 3.31. The number of aliphatic hydroxyl groups is 1. The number of para-hydroxylation sites is 1. The number of aliphatic hydroxyl groups excluding tert-OH is 1. The molecule has 0 radical (unpaired) electrons. The average molecular weight is 295 g/mol. The Kier molecular flexibility index (Phi) is 4.79. The van der Waals surface area contributed by atoms with E-state index in [0.29, 0.717) is 0 Å². The Balaban J connectivity index is 1.96. The smallest absolute Gasteiger partial charge is 0.0682 e. The summed E-state index contributed by atoms with van der Waals surface area (Å²) in [4.78, 5) is 0. The molecule has 0 aliphatic carbocycles. The number of rotatable bonds is 7. The van der Waals surface area contributed by atoms with Gasteiger partial charge in [-0.2, -0.15) is 0 Å². The second-order valence-electron chi connectivity index (χ2n) is 6.09. The van der Waals surface area contributed by atoms with Crippen molar-refractivity contribution >= 4 is 21.8 Å². The second-order valence-corrected chi connectivity index (χ2v) is 6.09. The van der Waals surface area contributed by atoms with Gasteiger partial charge < -0.3 is 9.67 Å². The van der Waals surface area contributed by atoms with Crippen LogP contribution in [-0.4, -0.2) is 9.67 Å². The third-order valence-corrected chi connectivity index (χ3v) is 4.50. The zero-order valence-electron chi connectivity index (χ0n) is 13.4. The molecule has 0 amide bonds. The minimum Gasteiger partial charge on any atom is -0.392 e. The van der Waals surface area contributed by atoms with Gasteiger partial charge in [0.1, 0.15) is 0 Å². The average Bonchev–Trinajstić information content (AvgIpc) is 2.88. The minimum absolute atomic E-state index is 0.104. The van der Waals surface area contributed by atoms with Crippen LogP contribution < -0.4 is 0 Å². The maximum atomic E-state index is 9.39. The van der Waals surface area contributed by atoms with Crippen LogP contribution in [0.3, 0.4) is 0 Å². The largest absolute Gasteiger partial charge is 0.392 e. The molecule has 116 valence electrons. The molecule has 1 heterocycles. The van der Waals surface area contributed by atoms with Gasteiger partial charge in [0, 0.05) is 28.4 Å². The molecule has 0 atom stereocenters. The van der Waals surface area contributed by atoms with Crippen molar-refractivity contribution in [2.45, 2.75) is 52.2 Å². The van der Waals surface area contributed by atoms with Gasteiger partial charge in [-0.05, 0) is 30.2 Å². The number of unbranched alkanes of at least 4 members (excludes halogenated alkanes) is 4. The Morgan fingerprint density at radius 3 is 2.45 bits per heavy atom. The summed E-state index contributed by atoms with van der Waals surface area (Å²) in [5.74, 6) is 0. The van der Waals surface area contributed by atoms with E-state index in [1.165, 1.54) is 53.9 Å². The quantitative estimate of drug-likeness (QED) is 0.591. The van der Waals surface area contributed by atoms with Crippen LogP contribution in [-0.2, 0) is 13.2 Å². The number of fused-ring (bicyclic) bond motifs is 3. The van der Waals surface area contributed by atoms with Crippen LogP contribution in [0.4, 0.5) is 0 Å². The van der Waals surface area contributed by atoms with Gasteiger partial charge in [0.2, 0.25) is 0 Å². The molecule has 0 aliphatic heterocycles. The lowest BCUT2D eigenvalue weighted by molar-refractivity contribution is 0.282. The van der Waals surface area contributed by atoms with E-state index in [-0.39, 0.29) is 6.61 Å². The molecular weight excluding hydrogens is 270 g/mol. The monoisotopic (exact) mass is 295 g/mol. The number of hydrogen-bond acceptors (Lipinski definition) is 1. The maximum Gasteiger partial charge on any atom is 0.0682 e. The number of aryl methyl sites for hydroxylation is 1. The van der Waals surface area contributed by atoms with E-state index in [4.69, 9.17) is 0 Å². The van der Waals surface area contributed by atoms with E-state index < -0.39 is 0 Å². The van der Waals surface area contributed by atoms with Crippen molar-refractivity contribution in [2.24, 2.45) is 0 Å². The van der Waals surface area contributed by atoms with E-state index in [2.05, 4.69) is 47.9 Å². The van der Waals surface area contributed by atoms with Crippen LogP contribution in [0, 0.1) is 0 Å². The minimum atomic E-state index is 0.104. The third kappa shape index (κ3) is 2.89. The lowest BCUT2D eigenvalue weighted by Crippen LogP contribution is -1.97. The van der Waals surface area contributed by atoms with Gasteiger partial charge in [-0.1, -0.05) is 56.9 Å². The molecule has 0 spiro atoms. The molecule has 0 aliphatic rings. The highest BCUT2D eigenvalue weighted by Crippen LogP contribution is 2.30. The molecule has 1 N–H and O–H groups in total. The highest BCUT2D eigenvalue weighted by molar-refractivity contribution is 6.08. The van der Waals surface area contributed by atoms with Crippen LogP contribution in [0.25, 0.3) is 21.8 Å². The first-order chi connectivity index (χ1) is 10.8. The van der Waals surface area contributed by atoms with Crippen molar-refractivity contribution in [1.82, 2.24) is 4.57 Å². The van der Waals surface area contributed by atoms with Crippen molar-refractivity contribution in [2.75, 3.05) is 0 Å². The molecular formula is C20H25NO. The molecule has 2 aromatic carbocycles. The summed E-state index contributed by atoms with van der Waals surface area (Å²) in [6.07, 6.45) is 6.50. The molecule has 1 aromatic heterocycles. The van der Waals surface area contributed by atoms with Crippen LogP contribution in [0.2, 0.25) is 0 Å². The molecule has 0 bridgehead atoms. The Morgan fingerprint density at radius 2 is 1.64 bits per heavy atom. The molecule has 2 nitrogen and oxygen atoms in total. The summed E-state index contributed by atoms with van der Waals surface area (Å²) in [6.45, 7) is 3.43. The fraction of sp³-hybridized carbons (Fsp3) is 0.400. The summed E-state index contributed by atoms with van der Waals surface area (Å²) in [5.41, 5.74) is 3.58. The van der Waals surface area contributed by atoms with Crippen molar-refractivity contribution < 1.29 is 5.11 Å². The lowest BCUT2D eigenvalue weighted by Gasteiger charge is -2.07. The van der Waals surface area contributed by atoms with Gasteiger partial charge in [0.25, 0.3) is 0 Å². The van der Waals surface area contributed by atoms with Crippen molar-refractivity contribution in [3.05, 3.63) is 48.0 Å². The number of benzene rings is 2. The SMILES string of the molecule is CCCCCCCn1c2ccccc2c2cc(CO)ccc21. The highest BCUT2D eigenvalue weighted by atomic mass is 16.3. The predicted molar refractivity (Wildman–Crippen MR) is 94.1 cm³/mol. The third-order valence-electron chi connectivity index (χ3n) is 4.50. The molecule has 3 aromatic rings. The first-order valence-corrected chi connectivity index (χ1v) is 8.46. The molecule has 3 rings (SSSR count). The van der Waals surface area contributed by atoms with Crippen LogP contribution in [0.1, 0.15) is 44.6 Å². The lowest BCUT2D eigenvalue weighted by atomic mass is 10.1. The standard InChI is InChI=1S/C20H25NO/c1-2-3-4-5-8-13-21-19-10-7-6-9-17(19)18-14-16(15-22)11-12-20(18)21/h6-7,9-12,14,22H,2-5,8,13,15H2,1H3. The predicted octanol–water partition coefficient (Wildman–Crippen LogP) is 5.26. The Bertz CT molecular complexity index is 757. The van der Waals surface area contributed by atoms with Crippen molar-refractivity contribution in [3.63, 3.8) is 0 Å². The van der Waals surface area contributed by atoms with Gasteiger partial charge in [-0.15, -0.1) is 0 Å². The van der Waals surface area contributed by atoms with Crippen LogP contribution in [0.15, 0.2) is 42.5 Å². The fourth-order valence-electron chi connectivity index (χ4n) is 3.31. The topological polar surface area (TPSA) is 25.2 Å². The van der Waals surface area contributed by atoms with E-state index in [1.54, 1.807) is 0 Å². The van der Waals surface area contributed by atoms with Gasteiger partial charge >= 0.3 is 0 Å². The first kappa shape index (κ1) is 15.1. The summed E-state index contributed by atoms with van der Waals surface area (Å²) < 4.78 is 2.44. The normalized spacial score (nSPS) is 11.5. The van der Waals surface area contributed by atoms with Crippen LogP contribution in [0.5, 0.6) is 0 Å². The summed E-state index contributed by atoms with van der Waals surface area (Å²) in [5, 5.41) is 11.9. The zero-order chi connectivity index (χ0) is 15.4. The molecule has 0 saturated heterocycles. The van der Waals surface area contributed by atoms with E-state index in [0.717, 1.165) is 12.1 Å². The summed E-state index contributed by atoms with van der Waals surface area (Å²) in [6, 6.07) is 14.9. The Morgan fingerprint density at radius 1 is 0.864 bits per heavy atom. The Labute approximate surface area is 132 Å². The summed E-state index contributed by atoms with van der Waals surface area (Å²) >= 11 is 0. The van der Waals surface area contributed by atoms with Crippen molar-refractivity contribution in [3.8, 4) is 0 Å². The number of hydrogen-bond donors (Lipinski definition) is 1. The van der Waals surface area contributed by atoms with Crippen LogP contribution >= 0.6 is 0 Å². The number of nitrogens with zero attached hydrogens (tertiary/aromatic N) is 1. The van der Waals surface area contributed by atoms with E-state index >= 15 is 0 Å². The molecule has 0 fully saturated rings. The van der Waals surface area contributed by atoms with Gasteiger partial charge in [0.05, 0.1) is 6.61 Å². The Hall–Kier alpha value is -1.80. The van der Waals surface area contributed by atoms with Gasteiger partial charge in [0.15, 0.2) is 0 Å². The van der Waals surface area contributed by atoms with Gasteiger partial charge in [-0.3, -0.25) is 0 Å². The molecule has 0 saturated carbocycles. The highest BCUT2D eigenvalue weighted by Gasteiger charge is 2.10.